The lowest BCUT2D eigenvalue weighted by atomic mass is 9.92. The number of aliphatic imine (C=N–C) groups is 1. The second kappa shape index (κ2) is 36.8. The van der Waals surface area contributed by atoms with Gasteiger partial charge in [-0.05, 0) is 100 Å². The van der Waals surface area contributed by atoms with Gasteiger partial charge < -0.3 is 45.8 Å². The molecule has 3 atom stereocenters. The highest BCUT2D eigenvalue weighted by molar-refractivity contribution is 8.00. The van der Waals surface area contributed by atoms with E-state index in [4.69, 9.17) is 4.74 Å². The molecule has 29 heteroatoms. The summed E-state index contributed by atoms with van der Waals surface area (Å²) < 4.78 is 34.4. The van der Waals surface area contributed by atoms with Crippen LogP contribution < -0.4 is 20.7 Å². The minimum atomic E-state index is -3.06. The molecule has 0 radical (unpaired) electrons. The van der Waals surface area contributed by atoms with Crippen molar-refractivity contribution >= 4 is 88.1 Å². The van der Waals surface area contributed by atoms with Crippen molar-refractivity contribution in [1.82, 2.24) is 55.2 Å². The average molecular weight is 1330 g/mol. The van der Waals surface area contributed by atoms with Crippen molar-refractivity contribution in [3.8, 4) is 5.75 Å². The fourth-order valence-corrected chi connectivity index (χ4v) is 13.4. The second-order valence-corrected chi connectivity index (χ2v) is 25.9. The standard InChI is InChI=1S/C65H90F2N12O14S/c1-45-11-13-46(14-12-45)7-5-10-55(80)70-20-4-3-9-48(72-56(81)38-73-24-26-74(40-60(85)86)28-30-76(42-62(89)90)31-29-75(27-25-73)41-61(87)88)43-94-54-34-57(82)78(64(54)92)39-59(84)77-22-18-47(19-23-77)8-6-32-93-50-15-16-53-52(33-50)51(17-21-69-53)63(91)71-37-58(83)79-44-65(66,67)35-49(79)36-68-2/h11-17,21,33,36,47-49,54H,3-10,18-20,22-32,34-35,37-44H2,1-2H3,(H,70,80)(H,71,91)(H,72,81)(H,85,86)(H,87,88)(H,89,90)/t48?,49-,54?/m1/s1. The van der Waals surface area contributed by atoms with Crippen LogP contribution in [0.1, 0.15) is 92.1 Å². The quantitative estimate of drug-likeness (QED) is 0.0297. The number of nitrogens with zero attached hydrogens (tertiary/aromatic N) is 9. The first-order chi connectivity index (χ1) is 45.0. The molecule has 6 N–H and O–H groups in total. The lowest BCUT2D eigenvalue weighted by molar-refractivity contribution is -0.146. The number of rotatable bonds is 32. The van der Waals surface area contributed by atoms with Gasteiger partial charge in [-0.1, -0.05) is 29.8 Å². The van der Waals surface area contributed by atoms with Crippen molar-refractivity contribution in [2.45, 2.75) is 107 Å². The van der Waals surface area contributed by atoms with Crippen LogP contribution in [0, 0.1) is 12.8 Å². The van der Waals surface area contributed by atoms with Crippen molar-refractivity contribution in [2.24, 2.45) is 10.9 Å². The number of likely N-dealkylation sites (tertiary alicyclic amines) is 3. The number of piperidine rings is 1. The number of aryl methyl sites for hydroxylation is 2. The van der Waals surface area contributed by atoms with Crippen molar-refractivity contribution in [2.75, 3.05) is 137 Å². The van der Waals surface area contributed by atoms with Gasteiger partial charge in [0.15, 0.2) is 0 Å². The molecule has 2 unspecified atom stereocenters. The molecule has 7 rings (SSSR count). The number of carboxylic acid groups (broad SMARTS) is 3. The smallest absolute Gasteiger partial charge is 0.317 e. The predicted octanol–water partition coefficient (Wildman–Crippen LogP) is 2.74. The van der Waals surface area contributed by atoms with Gasteiger partial charge in [-0.25, -0.2) is 8.78 Å². The first-order valence-corrected chi connectivity index (χ1v) is 33.4. The van der Waals surface area contributed by atoms with Crippen LogP contribution in [0.2, 0.25) is 0 Å². The Morgan fingerprint density at radius 2 is 1.38 bits per heavy atom. The Bertz CT molecular complexity index is 3110. The summed E-state index contributed by atoms with van der Waals surface area (Å²) in [6, 6.07) is 13.5. The number of aliphatic carboxylic acids is 3. The highest BCUT2D eigenvalue weighted by Gasteiger charge is 2.46. The first-order valence-electron chi connectivity index (χ1n) is 32.3. The molecule has 0 bridgehead atoms. The van der Waals surface area contributed by atoms with Gasteiger partial charge in [0.05, 0.1) is 68.2 Å². The van der Waals surface area contributed by atoms with Crippen LogP contribution in [0.15, 0.2) is 59.7 Å². The second-order valence-electron chi connectivity index (χ2n) is 24.7. The van der Waals surface area contributed by atoms with Crippen molar-refractivity contribution in [3.63, 3.8) is 0 Å². The number of carbonyl (C=O) groups excluding carboxylic acids is 7. The van der Waals surface area contributed by atoms with Crippen LogP contribution in [0.25, 0.3) is 10.9 Å². The minimum absolute atomic E-state index is 0.0661. The third kappa shape index (κ3) is 24.2. The molecule has 0 saturated carbocycles. The number of carboxylic acids is 3. The number of halogens is 2. The number of benzene rings is 2. The third-order valence-electron chi connectivity index (χ3n) is 17.3. The van der Waals surface area contributed by atoms with Crippen LogP contribution in [0.3, 0.4) is 0 Å². The van der Waals surface area contributed by atoms with E-state index in [-0.39, 0.29) is 120 Å². The Morgan fingerprint density at radius 1 is 0.755 bits per heavy atom. The lowest BCUT2D eigenvalue weighted by Gasteiger charge is -2.33. The number of nitrogens with one attached hydrogen (secondary N) is 3. The number of amides is 7. The molecule has 0 aliphatic carbocycles. The summed E-state index contributed by atoms with van der Waals surface area (Å²) in [5.41, 5.74) is 3.06. The molecule has 4 fully saturated rings. The number of unbranched alkanes of at least 4 members (excludes halogenated alkanes) is 1. The molecule has 514 valence electrons. The molecule has 4 aliphatic heterocycles. The monoisotopic (exact) mass is 1330 g/mol. The maximum atomic E-state index is 14.2. The Kier molecular flexibility index (Phi) is 28.8. The summed E-state index contributed by atoms with van der Waals surface area (Å²) in [6.45, 7) is 2.71. The van der Waals surface area contributed by atoms with Crippen LogP contribution in [-0.4, -0.2) is 281 Å². The number of alkyl halides is 2. The molecule has 94 heavy (non-hydrogen) atoms. The Balaban J connectivity index is 0.878. The fourth-order valence-electron chi connectivity index (χ4n) is 12.1. The topological polar surface area (TPSA) is 325 Å². The summed E-state index contributed by atoms with van der Waals surface area (Å²) >= 11 is 1.22. The first kappa shape index (κ1) is 73.7. The number of carbonyl (C=O) groups is 10. The molecular weight excluding hydrogens is 1240 g/mol. The molecule has 4 saturated heterocycles. The van der Waals surface area contributed by atoms with E-state index in [1.807, 2.05) is 24.0 Å². The van der Waals surface area contributed by atoms with Gasteiger partial charge in [0.25, 0.3) is 11.8 Å². The summed E-state index contributed by atoms with van der Waals surface area (Å²) in [6.07, 6.45) is 8.46. The highest BCUT2D eigenvalue weighted by atomic mass is 32.2. The maximum absolute atomic E-state index is 14.2. The van der Waals surface area contributed by atoms with E-state index in [1.54, 1.807) is 37.8 Å². The van der Waals surface area contributed by atoms with E-state index in [1.165, 1.54) is 37.3 Å². The molecular formula is C65H90F2N12O14S. The minimum Gasteiger partial charge on any atom is -0.494 e. The van der Waals surface area contributed by atoms with Gasteiger partial charge in [-0.2, -0.15) is 0 Å². The van der Waals surface area contributed by atoms with Crippen molar-refractivity contribution in [1.29, 1.82) is 0 Å². The zero-order valence-corrected chi connectivity index (χ0v) is 54.5. The van der Waals surface area contributed by atoms with Crippen LogP contribution in [0.5, 0.6) is 5.75 Å². The van der Waals surface area contributed by atoms with E-state index < -0.39 is 90.8 Å². The van der Waals surface area contributed by atoms with Crippen molar-refractivity contribution in [3.05, 3.63) is 71.4 Å². The normalized spacial score (nSPS) is 19.4. The summed E-state index contributed by atoms with van der Waals surface area (Å²) in [5, 5.41) is 37.3. The van der Waals surface area contributed by atoms with E-state index >= 15 is 0 Å². The number of imide groups is 1. The van der Waals surface area contributed by atoms with Gasteiger partial charge in [0, 0.05) is 128 Å². The van der Waals surface area contributed by atoms with Gasteiger partial charge in [0.1, 0.15) is 12.3 Å². The SMILES string of the molecule is CN=C[C@H]1CC(F)(F)CN1C(=O)CNC(=O)c1ccnc2ccc(OCCCC3CCN(C(=O)CN4C(=O)CC(SCC(CCCCNC(=O)CCCc5ccc(C)cc5)NC(=O)CN5CCN(CC(=O)O)CCN(CC(=O)O)CCN(CC(=O)O)CC5)C4=O)CC3)cc12. The van der Waals surface area contributed by atoms with Gasteiger partial charge in [-0.3, -0.25) is 82.4 Å². The van der Waals surface area contributed by atoms with Gasteiger partial charge >= 0.3 is 17.9 Å². The molecule has 26 nitrogen and oxygen atoms in total. The number of hydrogen-bond acceptors (Lipinski definition) is 18. The molecule has 5 heterocycles. The van der Waals surface area contributed by atoms with E-state index in [0.29, 0.717) is 94.3 Å². The summed E-state index contributed by atoms with van der Waals surface area (Å²) in [7, 11) is 1.44. The number of ether oxygens (including phenoxy) is 1. The Hall–Kier alpha value is -7.73. The number of aromatic nitrogens is 1. The maximum Gasteiger partial charge on any atom is 0.317 e. The number of thioether (sulfide) groups is 1. The largest absolute Gasteiger partial charge is 0.494 e. The number of pyridine rings is 1. The number of hydrogen-bond donors (Lipinski definition) is 6. The lowest BCUT2D eigenvalue weighted by Crippen LogP contribution is -2.50. The van der Waals surface area contributed by atoms with E-state index in [2.05, 4.69) is 38.1 Å². The predicted molar refractivity (Wildman–Crippen MR) is 347 cm³/mol. The molecule has 4 aliphatic rings. The molecule has 2 aromatic carbocycles. The molecule has 1 aromatic heterocycles. The summed E-state index contributed by atoms with van der Waals surface area (Å²) in [4.78, 5) is 148. The Morgan fingerprint density at radius 3 is 2.00 bits per heavy atom. The summed E-state index contributed by atoms with van der Waals surface area (Å²) in [5.74, 6) is -8.25. The van der Waals surface area contributed by atoms with Gasteiger partial charge in [-0.15, -0.1) is 11.8 Å². The highest BCUT2D eigenvalue weighted by Crippen LogP contribution is 2.32. The van der Waals surface area contributed by atoms with E-state index in [9.17, 15) is 72.0 Å². The fraction of sp³-hybridized carbons (Fsp3) is 0.600. The molecule has 3 aromatic rings. The molecule has 0 spiro atoms. The van der Waals surface area contributed by atoms with Crippen molar-refractivity contribution < 1.29 is 76.8 Å². The third-order valence-corrected chi connectivity index (χ3v) is 18.7. The van der Waals surface area contributed by atoms with Gasteiger partial charge in [0.2, 0.25) is 35.4 Å². The van der Waals surface area contributed by atoms with Crippen LogP contribution in [0.4, 0.5) is 8.78 Å². The number of fused-ring (bicyclic) bond motifs is 1. The van der Waals surface area contributed by atoms with Crippen LogP contribution >= 0.6 is 11.8 Å². The average Bonchev–Trinajstić information content (AvgIpc) is 1.24. The van der Waals surface area contributed by atoms with E-state index in [0.717, 1.165) is 33.8 Å². The molecule has 7 amide bonds. The zero-order chi connectivity index (χ0) is 67.7. The Labute approximate surface area is 550 Å². The zero-order valence-electron chi connectivity index (χ0n) is 53.7. The van der Waals surface area contributed by atoms with Crippen LogP contribution in [-0.2, 0) is 49.6 Å².